The van der Waals surface area contributed by atoms with Crippen LogP contribution in [0.25, 0.3) is 0 Å². The van der Waals surface area contributed by atoms with Gasteiger partial charge in [0.15, 0.2) is 7.38 Å². The summed E-state index contributed by atoms with van der Waals surface area (Å²) < 4.78 is 0. The van der Waals surface area contributed by atoms with Gasteiger partial charge in [-0.3, -0.25) is 0 Å². The van der Waals surface area contributed by atoms with Gasteiger partial charge in [-0.15, -0.1) is 0 Å². The van der Waals surface area contributed by atoms with E-state index in [0.29, 0.717) is 0 Å². The van der Waals surface area contributed by atoms with Crippen LogP contribution in [0.15, 0.2) is 0 Å². The molecule has 0 amide bonds. The van der Waals surface area contributed by atoms with Crippen molar-refractivity contribution in [3.8, 4) is 0 Å². The first-order chi connectivity index (χ1) is 4.68. The monoisotopic (exact) mass is 216 g/mol. The topological polar surface area (TPSA) is 0 Å². The van der Waals surface area contributed by atoms with Crippen molar-refractivity contribution in [3.63, 3.8) is 0 Å². The Labute approximate surface area is 78.1 Å². The second-order valence-corrected chi connectivity index (χ2v) is 9.04. The van der Waals surface area contributed by atoms with E-state index >= 15 is 0 Å². The van der Waals surface area contributed by atoms with Crippen LogP contribution < -0.4 is 0 Å². The minimum absolute atomic E-state index is 0.778. The summed E-state index contributed by atoms with van der Waals surface area (Å²) in [6.07, 6.45) is 0. The third-order valence-electron chi connectivity index (χ3n) is 1.90. The third-order valence-corrected chi connectivity index (χ3v) is 8.11. The van der Waals surface area contributed by atoms with Crippen LogP contribution in [0.3, 0.4) is 0 Å². The molecule has 0 N–H and O–H groups in total. The van der Waals surface area contributed by atoms with Crippen LogP contribution in [0.4, 0.5) is 0 Å². The van der Waals surface area contributed by atoms with Gasteiger partial charge in [0.25, 0.3) is 0 Å². The molecule has 0 saturated heterocycles. The summed E-state index contributed by atoms with van der Waals surface area (Å²) in [5.74, 6) is 0. The van der Waals surface area contributed by atoms with E-state index in [0.717, 1.165) is 9.55 Å². The van der Waals surface area contributed by atoms with Crippen LogP contribution in [0.5, 0.6) is 0 Å². The van der Waals surface area contributed by atoms with E-state index in [2.05, 4.69) is 20.8 Å². The lowest BCUT2D eigenvalue weighted by Crippen LogP contribution is -2.22. The predicted molar refractivity (Wildman–Crippen MR) is 58.8 cm³/mol. The molecule has 0 unspecified atom stereocenters. The maximum atomic E-state index is 6.23. The van der Waals surface area contributed by atoms with Crippen molar-refractivity contribution < 1.29 is 0 Å². The molecule has 0 saturated carbocycles. The molecule has 0 aromatic rings. The normalized spacial score (nSPS) is 10.5. The average Bonchev–Trinajstić information content (AvgIpc) is 2.07. The second-order valence-electron chi connectivity index (χ2n) is 2.21. The standard InChI is InChI=1S/C6H15ClSi.ClH3Si/c1-4-8(7,5-2)6-3;1-2/h4-6H2,1-3H3;2H3. The molecule has 0 radical (unpaired) electrons. The Bertz CT molecular complexity index is 56.5. The molecular weight excluding hydrogens is 199 g/mol. The van der Waals surface area contributed by atoms with Gasteiger partial charge in [0.1, 0.15) is 9.55 Å². The first-order valence-electron chi connectivity index (χ1n) is 3.75. The first kappa shape index (κ1) is 13.6. The SMILES string of the molecule is CC[Si](Cl)(CC)CC.[SiH3]Cl. The summed E-state index contributed by atoms with van der Waals surface area (Å²) in [4.78, 5) is 0. The molecule has 10 heavy (non-hydrogen) atoms. The summed E-state index contributed by atoms with van der Waals surface area (Å²) in [7, 11) is -0.421. The van der Waals surface area contributed by atoms with Crippen molar-refractivity contribution in [1.29, 1.82) is 0 Å². The van der Waals surface area contributed by atoms with E-state index in [-0.39, 0.29) is 0 Å². The Morgan fingerprint density at radius 1 is 1.00 bits per heavy atom. The van der Waals surface area contributed by atoms with Crippen molar-refractivity contribution >= 4 is 39.1 Å². The van der Waals surface area contributed by atoms with Gasteiger partial charge >= 0.3 is 0 Å². The Morgan fingerprint density at radius 3 is 1.20 bits per heavy atom. The van der Waals surface area contributed by atoms with E-state index < -0.39 is 7.38 Å². The highest BCUT2D eigenvalue weighted by molar-refractivity contribution is 7.20. The fraction of sp³-hybridized carbons (Fsp3) is 1.00. The van der Waals surface area contributed by atoms with E-state index in [1.807, 2.05) is 0 Å². The van der Waals surface area contributed by atoms with Crippen molar-refractivity contribution in [2.45, 2.75) is 38.9 Å². The first-order valence-corrected chi connectivity index (χ1v) is 10.4. The quantitative estimate of drug-likeness (QED) is 0.503. The van der Waals surface area contributed by atoms with Gasteiger partial charge in [0.2, 0.25) is 0 Å². The van der Waals surface area contributed by atoms with E-state index in [4.69, 9.17) is 22.2 Å². The zero-order chi connectivity index (χ0) is 8.62. The molecule has 0 aliphatic heterocycles. The smallest absolute Gasteiger partial charge is 0.155 e. The number of halogens is 2. The largest absolute Gasteiger partial charge is 0.181 e. The van der Waals surface area contributed by atoms with Crippen molar-refractivity contribution in [1.82, 2.24) is 0 Å². The molecule has 0 rings (SSSR count). The molecule has 64 valence electrons. The molecular formula is C6H18Cl2Si2. The Morgan fingerprint density at radius 2 is 1.20 bits per heavy atom. The predicted octanol–water partition coefficient (Wildman–Crippen LogP) is 2.74. The van der Waals surface area contributed by atoms with E-state index in [9.17, 15) is 0 Å². The molecule has 0 heterocycles. The summed E-state index contributed by atoms with van der Waals surface area (Å²) in [6, 6.07) is 3.67. The Kier molecular flexibility index (Phi) is 11.0. The molecule has 0 nitrogen and oxygen atoms in total. The van der Waals surface area contributed by atoms with E-state index in [1.54, 1.807) is 0 Å². The van der Waals surface area contributed by atoms with E-state index in [1.165, 1.54) is 18.1 Å². The van der Waals surface area contributed by atoms with Crippen LogP contribution in [0.1, 0.15) is 20.8 Å². The summed E-state index contributed by atoms with van der Waals surface area (Å²) in [5.41, 5.74) is 0. The molecule has 0 fully saturated rings. The summed E-state index contributed by atoms with van der Waals surface area (Å²) >= 11 is 11.0. The highest BCUT2D eigenvalue weighted by atomic mass is 35.6. The van der Waals surface area contributed by atoms with Gasteiger partial charge in [-0.05, 0) is 18.1 Å². The van der Waals surface area contributed by atoms with Crippen LogP contribution >= 0.6 is 22.2 Å². The van der Waals surface area contributed by atoms with Crippen LogP contribution in [-0.2, 0) is 0 Å². The van der Waals surface area contributed by atoms with Crippen molar-refractivity contribution in [2.75, 3.05) is 0 Å². The second kappa shape index (κ2) is 8.11. The molecule has 0 bridgehead atoms. The molecule has 0 aromatic carbocycles. The van der Waals surface area contributed by atoms with Gasteiger partial charge in [-0.1, -0.05) is 20.8 Å². The fourth-order valence-electron chi connectivity index (χ4n) is 0.750. The Balaban J connectivity index is 0. The maximum absolute atomic E-state index is 6.23. The van der Waals surface area contributed by atoms with Gasteiger partial charge in [-0.2, -0.15) is 22.2 Å². The minimum atomic E-state index is -1.20. The maximum Gasteiger partial charge on any atom is 0.155 e. The van der Waals surface area contributed by atoms with Crippen molar-refractivity contribution in [3.05, 3.63) is 0 Å². The zero-order valence-electron chi connectivity index (χ0n) is 7.38. The number of hydrogen-bond acceptors (Lipinski definition) is 0. The molecule has 0 spiro atoms. The molecule has 0 atom stereocenters. The lowest BCUT2D eigenvalue weighted by molar-refractivity contribution is 1.22. The fourth-order valence-corrected chi connectivity index (χ4v) is 2.25. The van der Waals surface area contributed by atoms with Gasteiger partial charge < -0.3 is 0 Å². The zero-order valence-corrected chi connectivity index (χ0v) is 11.9. The van der Waals surface area contributed by atoms with Gasteiger partial charge in [0.05, 0.1) is 0 Å². The summed E-state index contributed by atoms with van der Waals surface area (Å²) in [5, 5.41) is 0. The highest BCUT2D eigenvalue weighted by Crippen LogP contribution is 2.23. The minimum Gasteiger partial charge on any atom is -0.181 e. The number of rotatable bonds is 3. The summed E-state index contributed by atoms with van der Waals surface area (Å²) in [6.45, 7) is 6.60. The lowest BCUT2D eigenvalue weighted by Gasteiger charge is -2.17. The number of hydrogen-bond donors (Lipinski definition) is 0. The van der Waals surface area contributed by atoms with Crippen molar-refractivity contribution in [2.24, 2.45) is 0 Å². The third kappa shape index (κ3) is 5.77. The lowest BCUT2D eigenvalue weighted by atomic mass is 10.9. The van der Waals surface area contributed by atoms with Crippen LogP contribution in [-0.4, -0.2) is 16.9 Å². The van der Waals surface area contributed by atoms with Crippen LogP contribution in [0, 0.1) is 0 Å². The Hall–Kier alpha value is 1.01. The molecule has 0 aliphatic rings. The molecule has 0 aromatic heterocycles. The van der Waals surface area contributed by atoms with Gasteiger partial charge in [0, 0.05) is 0 Å². The molecule has 4 heteroatoms. The molecule has 0 aliphatic carbocycles. The van der Waals surface area contributed by atoms with Crippen LogP contribution in [0.2, 0.25) is 18.1 Å². The van der Waals surface area contributed by atoms with Gasteiger partial charge in [-0.25, -0.2) is 0 Å². The average molecular weight is 217 g/mol. The highest BCUT2D eigenvalue weighted by Gasteiger charge is 2.22.